The molecule has 1 saturated heterocycles. The summed E-state index contributed by atoms with van der Waals surface area (Å²) in [6.07, 6.45) is 1.67. The first-order chi connectivity index (χ1) is 9.23. The third-order valence-electron chi connectivity index (χ3n) is 4.39. The first-order valence-electron chi connectivity index (χ1n) is 7.27. The molecule has 1 aliphatic rings. The highest BCUT2D eigenvalue weighted by atomic mass is 16.2. The van der Waals surface area contributed by atoms with Crippen LogP contribution in [0, 0.1) is 5.92 Å². The van der Waals surface area contributed by atoms with Gasteiger partial charge in [0, 0.05) is 25.6 Å². The van der Waals surface area contributed by atoms with E-state index in [1.165, 1.54) is 0 Å². The standard InChI is InChI=1S/C16H24N2O/c1-3-16(4-2,14-8-6-5-7-9-14)15(19)18-12-13-10-17-11-13/h5-9,13,17H,3-4,10-12H2,1-2H3,(H,18,19). The van der Waals surface area contributed by atoms with Crippen LogP contribution >= 0.6 is 0 Å². The van der Waals surface area contributed by atoms with E-state index in [1.807, 2.05) is 18.2 Å². The smallest absolute Gasteiger partial charge is 0.230 e. The fourth-order valence-corrected chi connectivity index (χ4v) is 2.77. The maximum absolute atomic E-state index is 12.6. The van der Waals surface area contributed by atoms with Crippen molar-refractivity contribution in [3.05, 3.63) is 35.9 Å². The summed E-state index contributed by atoms with van der Waals surface area (Å²) in [7, 11) is 0. The largest absolute Gasteiger partial charge is 0.355 e. The molecule has 2 rings (SSSR count). The van der Waals surface area contributed by atoms with E-state index < -0.39 is 0 Å². The fourth-order valence-electron chi connectivity index (χ4n) is 2.77. The number of carbonyl (C=O) groups excluding carboxylic acids is 1. The SMILES string of the molecule is CCC(CC)(C(=O)NCC1CNC1)c1ccccc1. The minimum atomic E-state index is -0.377. The van der Waals surface area contributed by atoms with Crippen LogP contribution in [0.3, 0.4) is 0 Å². The molecule has 1 aromatic rings. The first kappa shape index (κ1) is 14.1. The van der Waals surface area contributed by atoms with Crippen molar-refractivity contribution in [1.29, 1.82) is 0 Å². The minimum Gasteiger partial charge on any atom is -0.355 e. The van der Waals surface area contributed by atoms with Gasteiger partial charge in [0.2, 0.25) is 5.91 Å². The van der Waals surface area contributed by atoms with E-state index >= 15 is 0 Å². The Labute approximate surface area is 115 Å². The van der Waals surface area contributed by atoms with Gasteiger partial charge in [0.25, 0.3) is 0 Å². The Morgan fingerprint density at radius 1 is 1.26 bits per heavy atom. The van der Waals surface area contributed by atoms with E-state index in [1.54, 1.807) is 0 Å². The molecule has 0 aromatic heterocycles. The zero-order chi connectivity index (χ0) is 13.7. The maximum Gasteiger partial charge on any atom is 0.230 e. The quantitative estimate of drug-likeness (QED) is 0.822. The lowest BCUT2D eigenvalue weighted by molar-refractivity contribution is -0.127. The van der Waals surface area contributed by atoms with Crippen LogP contribution in [0.1, 0.15) is 32.3 Å². The Hall–Kier alpha value is -1.35. The average molecular weight is 260 g/mol. The van der Waals surface area contributed by atoms with E-state index in [0.717, 1.165) is 38.0 Å². The summed E-state index contributed by atoms with van der Waals surface area (Å²) in [5.74, 6) is 0.779. The van der Waals surface area contributed by atoms with Crippen molar-refractivity contribution in [3.63, 3.8) is 0 Å². The van der Waals surface area contributed by atoms with E-state index in [4.69, 9.17) is 0 Å². The van der Waals surface area contributed by atoms with Crippen LogP contribution < -0.4 is 10.6 Å². The Morgan fingerprint density at radius 3 is 2.37 bits per heavy atom. The molecule has 19 heavy (non-hydrogen) atoms. The summed E-state index contributed by atoms with van der Waals surface area (Å²) in [6.45, 7) is 7.04. The number of hydrogen-bond donors (Lipinski definition) is 2. The lowest BCUT2D eigenvalue weighted by atomic mass is 9.75. The van der Waals surface area contributed by atoms with Crippen LogP contribution in [-0.2, 0) is 10.2 Å². The second-order valence-corrected chi connectivity index (χ2v) is 5.39. The van der Waals surface area contributed by atoms with Gasteiger partial charge in [0.1, 0.15) is 0 Å². The molecule has 0 unspecified atom stereocenters. The van der Waals surface area contributed by atoms with Crippen molar-refractivity contribution in [2.45, 2.75) is 32.1 Å². The zero-order valence-electron chi connectivity index (χ0n) is 11.9. The van der Waals surface area contributed by atoms with Crippen LogP contribution in [0.25, 0.3) is 0 Å². The molecule has 0 spiro atoms. The molecular formula is C16H24N2O. The Morgan fingerprint density at radius 2 is 1.89 bits per heavy atom. The number of nitrogens with one attached hydrogen (secondary N) is 2. The van der Waals surface area contributed by atoms with Gasteiger partial charge in [-0.25, -0.2) is 0 Å². The summed E-state index contributed by atoms with van der Waals surface area (Å²) in [5.41, 5.74) is 0.752. The van der Waals surface area contributed by atoms with Crippen molar-refractivity contribution in [1.82, 2.24) is 10.6 Å². The predicted molar refractivity (Wildman–Crippen MR) is 78.1 cm³/mol. The van der Waals surface area contributed by atoms with Crippen molar-refractivity contribution < 1.29 is 4.79 Å². The van der Waals surface area contributed by atoms with Crippen molar-refractivity contribution in [3.8, 4) is 0 Å². The highest BCUT2D eigenvalue weighted by molar-refractivity contribution is 5.88. The maximum atomic E-state index is 12.6. The molecule has 3 nitrogen and oxygen atoms in total. The molecule has 1 heterocycles. The van der Waals surface area contributed by atoms with Gasteiger partial charge >= 0.3 is 0 Å². The Bertz CT molecular complexity index is 408. The van der Waals surface area contributed by atoms with Crippen LogP contribution in [0.4, 0.5) is 0 Å². The van der Waals surface area contributed by atoms with Crippen LogP contribution in [0.15, 0.2) is 30.3 Å². The topological polar surface area (TPSA) is 41.1 Å². The average Bonchev–Trinajstić information content (AvgIpc) is 2.40. The molecule has 1 aromatic carbocycles. The van der Waals surface area contributed by atoms with Gasteiger partial charge < -0.3 is 10.6 Å². The molecule has 104 valence electrons. The predicted octanol–water partition coefficient (Wildman–Crippen LogP) is 2.08. The lowest BCUT2D eigenvalue weighted by Crippen LogP contribution is -2.51. The van der Waals surface area contributed by atoms with Gasteiger partial charge in [0.15, 0.2) is 0 Å². The molecule has 1 amide bonds. The van der Waals surface area contributed by atoms with Crippen molar-refractivity contribution in [2.75, 3.05) is 19.6 Å². The number of hydrogen-bond acceptors (Lipinski definition) is 2. The molecule has 1 aliphatic heterocycles. The summed E-state index contributed by atoms with van der Waals surface area (Å²) in [4.78, 5) is 12.6. The fraction of sp³-hybridized carbons (Fsp3) is 0.562. The molecule has 0 aliphatic carbocycles. The van der Waals surface area contributed by atoms with E-state index in [2.05, 4.69) is 36.6 Å². The van der Waals surface area contributed by atoms with Crippen LogP contribution in [0.5, 0.6) is 0 Å². The summed E-state index contributed by atoms with van der Waals surface area (Å²) in [6, 6.07) is 10.2. The van der Waals surface area contributed by atoms with Gasteiger partial charge in [-0.3, -0.25) is 4.79 Å². The Balaban J connectivity index is 2.11. The van der Waals surface area contributed by atoms with Gasteiger partial charge in [0.05, 0.1) is 5.41 Å². The Kier molecular flexibility index (Phi) is 4.59. The molecular weight excluding hydrogens is 236 g/mol. The third-order valence-corrected chi connectivity index (χ3v) is 4.39. The number of amides is 1. The molecule has 0 atom stereocenters. The highest BCUT2D eigenvalue weighted by Crippen LogP contribution is 2.31. The third kappa shape index (κ3) is 2.81. The molecule has 1 fully saturated rings. The van der Waals surface area contributed by atoms with Crippen LogP contribution in [-0.4, -0.2) is 25.5 Å². The summed E-state index contributed by atoms with van der Waals surface area (Å²) >= 11 is 0. The van der Waals surface area contributed by atoms with Crippen molar-refractivity contribution >= 4 is 5.91 Å². The monoisotopic (exact) mass is 260 g/mol. The second-order valence-electron chi connectivity index (χ2n) is 5.39. The molecule has 0 bridgehead atoms. The summed E-state index contributed by atoms with van der Waals surface area (Å²) < 4.78 is 0. The van der Waals surface area contributed by atoms with Gasteiger partial charge in [-0.05, 0) is 18.4 Å². The van der Waals surface area contributed by atoms with E-state index in [-0.39, 0.29) is 11.3 Å². The first-order valence-corrected chi connectivity index (χ1v) is 7.27. The van der Waals surface area contributed by atoms with E-state index in [0.29, 0.717) is 5.92 Å². The van der Waals surface area contributed by atoms with Crippen LogP contribution in [0.2, 0.25) is 0 Å². The van der Waals surface area contributed by atoms with Gasteiger partial charge in [-0.15, -0.1) is 0 Å². The van der Waals surface area contributed by atoms with Crippen molar-refractivity contribution in [2.24, 2.45) is 5.92 Å². The number of rotatable bonds is 6. The highest BCUT2D eigenvalue weighted by Gasteiger charge is 2.36. The zero-order valence-corrected chi connectivity index (χ0v) is 11.9. The normalized spacial score (nSPS) is 15.9. The molecule has 3 heteroatoms. The van der Waals surface area contributed by atoms with Gasteiger partial charge in [-0.1, -0.05) is 44.2 Å². The summed E-state index contributed by atoms with van der Waals surface area (Å²) in [5, 5.41) is 6.38. The minimum absolute atomic E-state index is 0.176. The molecule has 2 N–H and O–H groups in total. The number of benzene rings is 1. The lowest BCUT2D eigenvalue weighted by Gasteiger charge is -2.33. The molecule has 0 radical (unpaired) electrons. The van der Waals surface area contributed by atoms with E-state index in [9.17, 15) is 4.79 Å². The second kappa shape index (κ2) is 6.20. The number of carbonyl (C=O) groups is 1. The van der Waals surface area contributed by atoms with Gasteiger partial charge in [-0.2, -0.15) is 0 Å². The molecule has 0 saturated carbocycles.